The largest absolute Gasteiger partial charge is 0.309 e. The van der Waals surface area contributed by atoms with Gasteiger partial charge in [0.2, 0.25) is 0 Å². The van der Waals surface area contributed by atoms with Crippen LogP contribution in [0.2, 0.25) is 0 Å². The van der Waals surface area contributed by atoms with E-state index < -0.39 is 0 Å². The number of rotatable bonds is 6. The summed E-state index contributed by atoms with van der Waals surface area (Å²) in [6.45, 7) is 0. The number of para-hydroxylation sites is 3. The summed E-state index contributed by atoms with van der Waals surface area (Å²) in [5.74, 6) is 0.914. The van der Waals surface area contributed by atoms with E-state index in [-0.39, 0.29) is 0 Å². The van der Waals surface area contributed by atoms with Gasteiger partial charge in [-0.2, -0.15) is 0 Å². The Morgan fingerprint density at radius 1 is 0.268 bits per heavy atom. The maximum atomic E-state index is 5.12. The quantitative estimate of drug-likeness (QED) is 0.168. The van der Waals surface area contributed by atoms with Crippen LogP contribution in [0.5, 0.6) is 0 Å². The first kappa shape index (κ1) is 32.0. The maximum Gasteiger partial charge on any atom is 0.138 e. The van der Waals surface area contributed by atoms with Gasteiger partial charge in [0.1, 0.15) is 5.82 Å². The molecule has 0 atom stereocenters. The Balaban J connectivity index is 0.901. The first-order valence-corrected chi connectivity index (χ1v) is 19.1. The van der Waals surface area contributed by atoms with E-state index in [1.807, 2.05) is 6.07 Å². The highest BCUT2D eigenvalue weighted by Crippen LogP contribution is 2.37. The molecular weight excluding hydrogens is 679 g/mol. The molecule has 0 unspecified atom stereocenters. The number of aromatic nitrogens is 3. The summed E-state index contributed by atoms with van der Waals surface area (Å²) < 4.78 is 4.65. The summed E-state index contributed by atoms with van der Waals surface area (Å²) in [7, 11) is 0. The predicted molar refractivity (Wildman–Crippen MR) is 235 cm³/mol. The zero-order valence-corrected chi connectivity index (χ0v) is 30.5. The van der Waals surface area contributed by atoms with Gasteiger partial charge in [-0.3, -0.25) is 4.57 Å². The predicted octanol–water partition coefficient (Wildman–Crippen LogP) is 13.9. The molecule has 0 saturated heterocycles. The van der Waals surface area contributed by atoms with Gasteiger partial charge in [-0.1, -0.05) is 152 Å². The summed E-state index contributed by atoms with van der Waals surface area (Å²) in [6, 6.07) is 76.2. The van der Waals surface area contributed by atoms with Crippen molar-refractivity contribution in [3.05, 3.63) is 212 Å². The Labute approximate surface area is 325 Å². The molecule has 0 saturated carbocycles. The zero-order valence-electron chi connectivity index (χ0n) is 30.5. The van der Waals surface area contributed by atoms with Crippen molar-refractivity contribution in [1.29, 1.82) is 0 Å². The highest BCUT2D eigenvalue weighted by molar-refractivity contribution is 6.11. The van der Waals surface area contributed by atoms with Crippen molar-refractivity contribution < 1.29 is 0 Å². The molecule has 8 aromatic carbocycles. The summed E-state index contributed by atoms with van der Waals surface area (Å²) in [6.07, 6.45) is 0. The van der Waals surface area contributed by atoms with Gasteiger partial charge in [0, 0.05) is 32.8 Å². The van der Waals surface area contributed by atoms with E-state index in [4.69, 9.17) is 4.98 Å². The van der Waals surface area contributed by atoms with Crippen LogP contribution in [-0.4, -0.2) is 14.1 Å². The van der Waals surface area contributed by atoms with Gasteiger partial charge in [-0.15, -0.1) is 0 Å². The van der Waals surface area contributed by atoms with Crippen LogP contribution < -0.4 is 0 Å². The molecule has 3 nitrogen and oxygen atoms in total. The molecule has 11 rings (SSSR count). The van der Waals surface area contributed by atoms with Crippen LogP contribution >= 0.6 is 0 Å². The average Bonchev–Trinajstić information content (AvgIpc) is 3.79. The monoisotopic (exact) mass is 713 g/mol. The summed E-state index contributed by atoms with van der Waals surface area (Å²) in [4.78, 5) is 5.12. The molecule has 0 aliphatic carbocycles. The van der Waals surface area contributed by atoms with Crippen LogP contribution in [0.1, 0.15) is 0 Å². The van der Waals surface area contributed by atoms with E-state index in [2.05, 4.69) is 215 Å². The van der Waals surface area contributed by atoms with Crippen LogP contribution in [-0.2, 0) is 0 Å². The van der Waals surface area contributed by atoms with Gasteiger partial charge in [0.15, 0.2) is 0 Å². The number of hydrogen-bond acceptors (Lipinski definition) is 1. The lowest BCUT2D eigenvalue weighted by Gasteiger charge is -2.10. The van der Waals surface area contributed by atoms with Gasteiger partial charge in [-0.05, 0) is 94.0 Å². The normalized spacial score (nSPS) is 11.6. The van der Waals surface area contributed by atoms with E-state index in [1.54, 1.807) is 0 Å². The fourth-order valence-electron chi connectivity index (χ4n) is 8.43. The van der Waals surface area contributed by atoms with Gasteiger partial charge >= 0.3 is 0 Å². The van der Waals surface area contributed by atoms with Crippen LogP contribution in [0.4, 0.5) is 0 Å². The van der Waals surface area contributed by atoms with E-state index in [9.17, 15) is 0 Å². The lowest BCUT2D eigenvalue weighted by Crippen LogP contribution is -1.98. The second-order valence-corrected chi connectivity index (χ2v) is 14.4. The molecule has 3 heteroatoms. The van der Waals surface area contributed by atoms with Crippen molar-refractivity contribution in [2.75, 3.05) is 0 Å². The van der Waals surface area contributed by atoms with Crippen molar-refractivity contribution in [2.45, 2.75) is 0 Å². The first-order valence-electron chi connectivity index (χ1n) is 19.1. The van der Waals surface area contributed by atoms with E-state index in [0.29, 0.717) is 0 Å². The first-order chi connectivity index (χ1) is 27.8. The number of pyridine rings is 1. The van der Waals surface area contributed by atoms with Crippen molar-refractivity contribution in [1.82, 2.24) is 14.1 Å². The van der Waals surface area contributed by atoms with Crippen molar-refractivity contribution in [3.8, 4) is 56.1 Å². The standard InChI is InChI=1S/C53H35N3/c1-3-12-40(13-4-1)48-18-11-21-53(54-48)56-50-20-10-8-17-45(50)47-35-42(31-33-52(47)56)39-28-24-37(25-29-39)36-22-26-38(27-23-36)41-30-32-51-46(34-41)44-16-7-9-19-49(44)55(51)43-14-5-2-6-15-43/h1-35H. The summed E-state index contributed by atoms with van der Waals surface area (Å²) in [5, 5.41) is 4.96. The second kappa shape index (κ2) is 13.1. The van der Waals surface area contributed by atoms with Crippen molar-refractivity contribution in [2.24, 2.45) is 0 Å². The van der Waals surface area contributed by atoms with Gasteiger partial charge in [0.05, 0.1) is 27.8 Å². The van der Waals surface area contributed by atoms with E-state index in [1.165, 1.54) is 71.6 Å². The van der Waals surface area contributed by atoms with E-state index in [0.717, 1.165) is 28.1 Å². The molecule has 0 aliphatic rings. The number of nitrogens with zero attached hydrogens (tertiary/aromatic N) is 3. The Hall–Kier alpha value is -7.49. The lowest BCUT2D eigenvalue weighted by atomic mass is 9.97. The van der Waals surface area contributed by atoms with Crippen molar-refractivity contribution >= 4 is 43.6 Å². The highest BCUT2D eigenvalue weighted by Gasteiger charge is 2.16. The summed E-state index contributed by atoms with van der Waals surface area (Å²) >= 11 is 0. The van der Waals surface area contributed by atoms with E-state index >= 15 is 0 Å². The third-order valence-corrected chi connectivity index (χ3v) is 11.2. The van der Waals surface area contributed by atoms with Crippen molar-refractivity contribution in [3.63, 3.8) is 0 Å². The minimum atomic E-state index is 0.914. The SMILES string of the molecule is c1ccc(-c2cccc(-n3c4ccccc4c4cc(-c5ccc(-c6ccc(-c7ccc8c(c7)c7ccccc7n8-c7ccccc7)cc6)cc5)ccc43)n2)cc1. The fourth-order valence-corrected chi connectivity index (χ4v) is 8.43. The van der Waals surface area contributed by atoms with Gasteiger partial charge < -0.3 is 4.57 Å². The molecule has 0 bridgehead atoms. The highest BCUT2D eigenvalue weighted by atomic mass is 15.1. The third kappa shape index (κ3) is 5.32. The molecule has 262 valence electrons. The number of benzene rings is 8. The number of hydrogen-bond donors (Lipinski definition) is 0. The Kier molecular flexibility index (Phi) is 7.49. The summed E-state index contributed by atoms with van der Waals surface area (Å²) in [5.41, 5.74) is 15.2. The van der Waals surface area contributed by atoms with Crippen LogP contribution in [0, 0.1) is 0 Å². The second-order valence-electron chi connectivity index (χ2n) is 14.4. The molecule has 0 fully saturated rings. The minimum Gasteiger partial charge on any atom is -0.309 e. The fraction of sp³-hybridized carbons (Fsp3) is 0. The molecule has 0 radical (unpaired) electrons. The Morgan fingerprint density at radius 3 is 1.27 bits per heavy atom. The maximum absolute atomic E-state index is 5.12. The Morgan fingerprint density at radius 2 is 0.696 bits per heavy atom. The molecule has 11 aromatic rings. The molecule has 0 amide bonds. The molecule has 56 heavy (non-hydrogen) atoms. The minimum absolute atomic E-state index is 0.914. The smallest absolute Gasteiger partial charge is 0.138 e. The molecule has 0 N–H and O–H groups in total. The third-order valence-electron chi connectivity index (χ3n) is 11.2. The number of fused-ring (bicyclic) bond motifs is 6. The van der Waals surface area contributed by atoms with Gasteiger partial charge in [-0.25, -0.2) is 4.98 Å². The van der Waals surface area contributed by atoms with Crippen LogP contribution in [0.25, 0.3) is 99.8 Å². The Bertz CT molecular complexity index is 3210. The molecule has 0 aliphatic heterocycles. The topological polar surface area (TPSA) is 22.8 Å². The zero-order chi connectivity index (χ0) is 37.0. The molecule has 3 aromatic heterocycles. The van der Waals surface area contributed by atoms with Crippen LogP contribution in [0.15, 0.2) is 212 Å². The van der Waals surface area contributed by atoms with Crippen LogP contribution in [0.3, 0.4) is 0 Å². The molecule has 0 spiro atoms. The molecular formula is C53H35N3. The molecule has 3 heterocycles. The lowest BCUT2D eigenvalue weighted by molar-refractivity contribution is 1.08. The average molecular weight is 714 g/mol. The van der Waals surface area contributed by atoms with Gasteiger partial charge in [0.25, 0.3) is 0 Å².